The van der Waals surface area contributed by atoms with Gasteiger partial charge in [0.2, 0.25) is 0 Å². The molecule has 1 aliphatic rings. The van der Waals surface area contributed by atoms with E-state index in [9.17, 15) is 4.79 Å². The number of Topliss-reactive ketones (excluding diaryl/α,β-unsaturated/α-hetero) is 1. The average Bonchev–Trinajstić information content (AvgIpc) is 1.69. The predicted octanol–water partition coefficient (Wildman–Crippen LogP) is 4.17. The molecular weight excluding hydrogens is 1350 g/mol. The summed E-state index contributed by atoms with van der Waals surface area (Å²) in [7, 11) is 0. The molecule has 3 aromatic rings. The number of benzene rings is 1. The lowest BCUT2D eigenvalue weighted by Crippen LogP contribution is -2.47. The number of H-pyrrole nitrogens is 1. The van der Waals surface area contributed by atoms with Crippen LogP contribution in [0, 0.1) is 5.92 Å². The van der Waals surface area contributed by atoms with E-state index < -0.39 is 0 Å². The molecule has 0 atom stereocenters. The Bertz CT molecular complexity index is 2350. The van der Waals surface area contributed by atoms with Crippen LogP contribution < -0.4 is 10.6 Å². The molecule has 103 heavy (non-hydrogen) atoms. The van der Waals surface area contributed by atoms with Gasteiger partial charge < -0.3 is 129 Å². The number of nitrogens with two attached hydrogens (primary N) is 1. The van der Waals surface area contributed by atoms with Gasteiger partial charge in [-0.2, -0.15) is 0 Å². The zero-order valence-electron chi connectivity index (χ0n) is 62.7. The highest BCUT2D eigenvalue weighted by molar-refractivity contribution is 6.07. The fourth-order valence-electron chi connectivity index (χ4n) is 9.51. The molecule has 1 aliphatic heterocycles. The third kappa shape index (κ3) is 52.1. The molecule has 0 radical (unpaired) electrons. The van der Waals surface area contributed by atoms with Crippen molar-refractivity contribution in [1.82, 2.24) is 19.9 Å². The monoisotopic (exact) mass is 1480 g/mol. The Morgan fingerprint density at radius 2 is 0.660 bits per heavy atom. The van der Waals surface area contributed by atoms with Crippen LogP contribution in [0.5, 0.6) is 0 Å². The van der Waals surface area contributed by atoms with Crippen molar-refractivity contribution in [1.29, 1.82) is 0 Å². The van der Waals surface area contributed by atoms with Crippen LogP contribution in [0.25, 0.3) is 21.9 Å². The van der Waals surface area contributed by atoms with Crippen LogP contribution >= 0.6 is 0 Å². The normalized spacial score (nSPS) is 13.0. The van der Waals surface area contributed by atoms with Gasteiger partial charge in [-0.25, -0.2) is 9.97 Å². The molecule has 0 spiro atoms. The van der Waals surface area contributed by atoms with Gasteiger partial charge in [0.05, 0.1) is 328 Å². The number of pyridine rings is 1. The van der Waals surface area contributed by atoms with Crippen LogP contribution in [-0.4, -0.2) is 375 Å². The number of piperazine rings is 1. The first-order valence-electron chi connectivity index (χ1n) is 37.4. The Hall–Kier alpha value is -3.63. The fourth-order valence-corrected chi connectivity index (χ4v) is 9.51. The number of ether oxygens (including phenoxy) is 24. The van der Waals surface area contributed by atoms with E-state index in [1.807, 2.05) is 13.8 Å². The number of aryl methyl sites for hydroxylation is 1. The number of aromatic amines is 1. The number of hydrogen-bond donors (Lipinski definition) is 2. The van der Waals surface area contributed by atoms with E-state index in [-0.39, 0.29) is 11.7 Å². The van der Waals surface area contributed by atoms with Crippen LogP contribution in [0.3, 0.4) is 0 Å². The standard InChI is InChI=1S/C72H130N6O25/c1-4-5-6-69-75-70-66-63-65(7-8-67(66)74-72(73)71(70)76-69)78-12-10-77(11-13-78)14-16-81-18-20-83-22-24-85-26-28-87-30-32-89-34-36-91-38-40-93-42-44-95-46-48-97-50-52-99-54-56-101-58-60-103-62-61-102-59-57-100-55-53-98-51-49-96-47-45-94-43-41-92-39-37-90-35-33-88-31-29-86-27-25-84-23-21-82-19-17-80-15-9-68(79)64(2)3/h7-8,63-64H,4-6,9-62H2,1-3H3,(H2,73,74)(H,75,76). The molecule has 0 bridgehead atoms. The van der Waals surface area contributed by atoms with Crippen LogP contribution in [0.4, 0.5) is 11.5 Å². The van der Waals surface area contributed by atoms with E-state index in [2.05, 4.69) is 44.9 Å². The molecule has 0 aliphatic carbocycles. The highest BCUT2D eigenvalue weighted by atomic mass is 16.6. The molecule has 1 saturated heterocycles. The van der Waals surface area contributed by atoms with Gasteiger partial charge in [0.25, 0.3) is 0 Å². The van der Waals surface area contributed by atoms with Crippen molar-refractivity contribution < 1.29 is 118 Å². The molecule has 31 nitrogen and oxygen atoms in total. The topological polar surface area (TPSA) is 313 Å². The molecule has 1 fully saturated rings. The number of nitrogen functional groups attached to an aromatic ring is 1. The molecule has 0 unspecified atom stereocenters. The number of nitrogens with zero attached hydrogens (tertiary/aromatic N) is 4. The Labute approximate surface area is 612 Å². The molecule has 3 N–H and O–H groups in total. The summed E-state index contributed by atoms with van der Waals surface area (Å²) in [4.78, 5) is 29.3. The lowest BCUT2D eigenvalue weighted by atomic mass is 10.1. The van der Waals surface area contributed by atoms with Crippen molar-refractivity contribution in [3.63, 3.8) is 0 Å². The minimum absolute atomic E-state index is 0.0493. The van der Waals surface area contributed by atoms with Gasteiger partial charge in [0.15, 0.2) is 5.82 Å². The van der Waals surface area contributed by atoms with Gasteiger partial charge in [0, 0.05) is 62.6 Å². The lowest BCUT2D eigenvalue weighted by Gasteiger charge is -2.36. The quantitative estimate of drug-likeness (QED) is 0.0749. The maximum Gasteiger partial charge on any atom is 0.152 e. The zero-order valence-corrected chi connectivity index (χ0v) is 62.7. The highest BCUT2D eigenvalue weighted by Gasteiger charge is 2.19. The number of rotatable bonds is 80. The predicted molar refractivity (Wildman–Crippen MR) is 387 cm³/mol. The smallest absolute Gasteiger partial charge is 0.152 e. The number of aromatic nitrogens is 3. The fraction of sp³-hybridized carbons (Fsp3) is 0.847. The van der Waals surface area contributed by atoms with E-state index in [1.54, 1.807) is 0 Å². The SMILES string of the molecule is CCCCc1nc2c(N)nc3ccc(N4CCN(CCOCCOCCOCCOCCOCCOCCOCCOCCOCCOCCOCCOCCOCCOCCOCCOCCOCCOCCOCCOCCOCCOCCOCCOCCC(=O)C(C)C)CC4)cc3c2[nH]1. The molecule has 0 amide bonds. The third-order valence-corrected chi connectivity index (χ3v) is 15.2. The summed E-state index contributed by atoms with van der Waals surface area (Å²) in [5.74, 6) is 1.70. The van der Waals surface area contributed by atoms with Gasteiger partial charge in [-0.05, 0) is 24.6 Å². The van der Waals surface area contributed by atoms with Crippen LogP contribution in [0.15, 0.2) is 18.2 Å². The summed E-state index contributed by atoms with van der Waals surface area (Å²) in [6, 6.07) is 6.43. The average molecular weight is 1480 g/mol. The number of ketones is 1. The highest BCUT2D eigenvalue weighted by Crippen LogP contribution is 2.30. The Balaban J connectivity index is 0.709. The maximum absolute atomic E-state index is 11.5. The molecular formula is C72H130N6O25. The summed E-state index contributed by atoms with van der Waals surface area (Å²) in [6.45, 7) is 34.3. The molecule has 0 saturated carbocycles. The van der Waals surface area contributed by atoms with Crippen LogP contribution in [0.1, 0.15) is 45.9 Å². The maximum atomic E-state index is 11.5. The van der Waals surface area contributed by atoms with E-state index in [4.69, 9.17) is 124 Å². The van der Waals surface area contributed by atoms with Gasteiger partial charge in [-0.3, -0.25) is 9.69 Å². The molecule has 4 rings (SSSR count). The van der Waals surface area contributed by atoms with Crippen molar-refractivity contribution in [2.45, 2.75) is 46.5 Å². The number of nitrogens with one attached hydrogen (secondary N) is 1. The second kappa shape index (κ2) is 68.9. The molecule has 31 heteroatoms. The van der Waals surface area contributed by atoms with Crippen molar-refractivity contribution in [2.24, 2.45) is 5.92 Å². The first kappa shape index (κ1) is 91.8. The number of carbonyl (C=O) groups excluding carboxylic acids is 1. The molecule has 2 aromatic heterocycles. The molecule has 3 heterocycles. The number of anilines is 2. The van der Waals surface area contributed by atoms with E-state index >= 15 is 0 Å². The number of imidazole rings is 1. The molecule has 598 valence electrons. The number of carbonyl (C=O) groups is 1. The largest absolute Gasteiger partial charge is 0.382 e. The summed E-state index contributed by atoms with van der Waals surface area (Å²) < 4.78 is 133. The van der Waals surface area contributed by atoms with Crippen molar-refractivity contribution in [2.75, 3.05) is 360 Å². The summed E-state index contributed by atoms with van der Waals surface area (Å²) in [5.41, 5.74) is 10.1. The number of fused-ring (bicyclic) bond motifs is 3. The number of unbranched alkanes of at least 4 members (excludes halogenated alkanes) is 1. The van der Waals surface area contributed by atoms with Gasteiger partial charge in [0.1, 0.15) is 17.1 Å². The summed E-state index contributed by atoms with van der Waals surface area (Å²) in [5, 5.41) is 1.06. The Morgan fingerprint density at radius 1 is 0.388 bits per heavy atom. The van der Waals surface area contributed by atoms with Gasteiger partial charge in [-0.1, -0.05) is 27.2 Å². The van der Waals surface area contributed by atoms with Crippen LogP contribution in [0.2, 0.25) is 0 Å². The summed E-state index contributed by atoms with van der Waals surface area (Å²) >= 11 is 0. The second-order valence-electron chi connectivity index (χ2n) is 23.6. The van der Waals surface area contributed by atoms with Crippen molar-refractivity contribution in [3.05, 3.63) is 24.0 Å². The first-order valence-corrected chi connectivity index (χ1v) is 37.4. The molecule has 1 aromatic carbocycles. The lowest BCUT2D eigenvalue weighted by molar-refractivity contribution is -0.123. The summed E-state index contributed by atoms with van der Waals surface area (Å²) in [6.07, 6.45) is 3.55. The third-order valence-electron chi connectivity index (χ3n) is 15.2. The van der Waals surface area contributed by atoms with Crippen LogP contribution in [-0.2, 0) is 125 Å². The van der Waals surface area contributed by atoms with E-state index in [1.165, 1.54) is 5.69 Å². The first-order chi connectivity index (χ1) is 51.0. The Morgan fingerprint density at radius 3 is 0.932 bits per heavy atom. The minimum Gasteiger partial charge on any atom is -0.382 e. The minimum atomic E-state index is 0.0493. The van der Waals surface area contributed by atoms with E-state index in [0.717, 1.165) is 79.7 Å². The number of hydrogen-bond acceptors (Lipinski definition) is 30. The van der Waals surface area contributed by atoms with Gasteiger partial charge in [-0.15, -0.1) is 0 Å². The Kier molecular flexibility index (Phi) is 61.4. The van der Waals surface area contributed by atoms with Gasteiger partial charge >= 0.3 is 0 Å². The van der Waals surface area contributed by atoms with Crippen molar-refractivity contribution >= 4 is 39.2 Å². The van der Waals surface area contributed by atoms with Crippen molar-refractivity contribution in [3.8, 4) is 0 Å². The van der Waals surface area contributed by atoms with E-state index in [0.29, 0.717) is 329 Å². The second-order valence-corrected chi connectivity index (χ2v) is 23.6. The zero-order chi connectivity index (χ0) is 72.9.